The predicted molar refractivity (Wildman–Crippen MR) is 149 cm³/mol. The lowest BCUT2D eigenvalue weighted by Crippen LogP contribution is -2.27. The highest BCUT2D eigenvalue weighted by molar-refractivity contribution is 6.01. The topological polar surface area (TPSA) is 117 Å². The van der Waals surface area contributed by atoms with Crippen LogP contribution in [0.15, 0.2) is 36.4 Å². The van der Waals surface area contributed by atoms with Crippen molar-refractivity contribution >= 4 is 17.6 Å². The van der Waals surface area contributed by atoms with Gasteiger partial charge in [-0.3, -0.25) is 9.89 Å². The number of benzene rings is 2. The number of carbonyl (C=O) groups is 2. The molecule has 204 valence electrons. The summed E-state index contributed by atoms with van der Waals surface area (Å²) >= 11 is 0. The lowest BCUT2D eigenvalue weighted by molar-refractivity contribution is -0.116. The molecular formula is C29H38N4O5. The number of aromatic nitrogens is 2. The summed E-state index contributed by atoms with van der Waals surface area (Å²) in [6.45, 7) is 10.8. The first-order valence-corrected chi connectivity index (χ1v) is 12.9. The summed E-state index contributed by atoms with van der Waals surface area (Å²) in [5.41, 5.74) is 3.69. The molecule has 0 saturated carbocycles. The summed E-state index contributed by atoms with van der Waals surface area (Å²) in [6.07, 6.45) is 1.07. The van der Waals surface area contributed by atoms with Gasteiger partial charge in [-0.2, -0.15) is 5.10 Å². The van der Waals surface area contributed by atoms with Gasteiger partial charge in [0.25, 0.3) is 0 Å². The van der Waals surface area contributed by atoms with E-state index in [1.165, 1.54) is 0 Å². The fourth-order valence-corrected chi connectivity index (χ4v) is 4.58. The number of anilines is 1. The van der Waals surface area contributed by atoms with Gasteiger partial charge in [-0.1, -0.05) is 39.8 Å². The quantitative estimate of drug-likeness (QED) is 0.278. The van der Waals surface area contributed by atoms with Gasteiger partial charge in [0.1, 0.15) is 11.5 Å². The normalized spacial score (nSPS) is 11.2. The molecule has 3 N–H and O–H groups in total. The number of hydrogen-bond acceptors (Lipinski definition) is 6. The van der Waals surface area contributed by atoms with Crippen LogP contribution in [0.2, 0.25) is 0 Å². The molecule has 0 spiro atoms. The number of carboxylic acids is 1. The van der Waals surface area contributed by atoms with E-state index in [9.17, 15) is 14.7 Å². The van der Waals surface area contributed by atoms with Crippen molar-refractivity contribution < 1.29 is 24.2 Å². The van der Waals surface area contributed by atoms with E-state index in [0.717, 1.165) is 18.7 Å². The van der Waals surface area contributed by atoms with E-state index in [2.05, 4.69) is 48.1 Å². The molecule has 9 nitrogen and oxygen atoms in total. The van der Waals surface area contributed by atoms with Crippen LogP contribution in [0.1, 0.15) is 50.2 Å². The molecule has 0 aliphatic carbocycles. The van der Waals surface area contributed by atoms with E-state index in [1.807, 2.05) is 12.1 Å². The molecule has 0 aliphatic rings. The molecule has 0 saturated heterocycles. The van der Waals surface area contributed by atoms with Crippen LogP contribution in [0.4, 0.5) is 5.69 Å². The number of hydrogen-bond donors (Lipinski definition) is 3. The first-order chi connectivity index (χ1) is 18.2. The summed E-state index contributed by atoms with van der Waals surface area (Å²) in [5.74, 6) is 0.115. The van der Waals surface area contributed by atoms with Gasteiger partial charge in [-0.05, 0) is 60.8 Å². The second kappa shape index (κ2) is 13.1. The Hall–Kier alpha value is -3.85. The number of aromatic carboxylic acids is 1. The largest absolute Gasteiger partial charge is 0.496 e. The van der Waals surface area contributed by atoms with Crippen LogP contribution in [0.5, 0.6) is 11.5 Å². The zero-order chi connectivity index (χ0) is 27.8. The minimum atomic E-state index is -1.15. The van der Waals surface area contributed by atoms with Crippen LogP contribution in [0.25, 0.3) is 22.4 Å². The Morgan fingerprint density at radius 1 is 1.05 bits per heavy atom. The van der Waals surface area contributed by atoms with Crippen LogP contribution in [-0.4, -0.2) is 65.9 Å². The molecule has 0 atom stereocenters. The molecule has 0 unspecified atom stereocenters. The molecular weight excluding hydrogens is 484 g/mol. The molecule has 0 aliphatic heterocycles. The second-order valence-electron chi connectivity index (χ2n) is 9.46. The number of carboxylic acid groups (broad SMARTS) is 1. The molecule has 3 aromatic rings. The standard InChI is InChI=1S/C29H38N4O5/c1-7-33(8-2)15-14-24(34)30-20-12-13-21(19(17-20)16-18(3)4)25-27(31-32-28(25)29(35)36)26-22(37-5)10-9-11-23(26)38-6/h9-13,17-18H,7-8,14-16H2,1-6H3,(H,30,34)(H,31,32)(H,35,36). The number of nitrogens with zero attached hydrogens (tertiary/aromatic N) is 2. The SMILES string of the molecule is CCN(CC)CCC(=O)Nc1ccc(-c2c(C(=O)O)n[nH]c2-c2c(OC)cccc2OC)c(CC(C)C)c1. The van der Waals surface area contributed by atoms with Crippen LogP contribution in [0.3, 0.4) is 0 Å². The van der Waals surface area contributed by atoms with E-state index in [0.29, 0.717) is 59.0 Å². The first-order valence-electron chi connectivity index (χ1n) is 12.9. The third kappa shape index (κ3) is 6.52. The molecule has 2 aromatic carbocycles. The van der Waals surface area contributed by atoms with Gasteiger partial charge in [-0.25, -0.2) is 4.79 Å². The first kappa shape index (κ1) is 28.7. The molecule has 1 amide bonds. The van der Waals surface area contributed by atoms with E-state index in [1.54, 1.807) is 38.5 Å². The predicted octanol–water partition coefficient (Wildman–Crippen LogP) is 5.33. The van der Waals surface area contributed by atoms with Gasteiger partial charge < -0.3 is 24.8 Å². The minimum Gasteiger partial charge on any atom is -0.496 e. The van der Waals surface area contributed by atoms with Crippen molar-refractivity contribution in [2.45, 2.75) is 40.5 Å². The van der Waals surface area contributed by atoms with Crippen LogP contribution >= 0.6 is 0 Å². The molecule has 1 aromatic heterocycles. The highest BCUT2D eigenvalue weighted by Crippen LogP contribution is 2.44. The molecule has 3 rings (SSSR count). The average molecular weight is 523 g/mol. The fourth-order valence-electron chi connectivity index (χ4n) is 4.58. The van der Waals surface area contributed by atoms with Gasteiger partial charge in [-0.15, -0.1) is 0 Å². The number of rotatable bonds is 13. The summed E-state index contributed by atoms with van der Waals surface area (Å²) in [6, 6.07) is 10.9. The third-order valence-electron chi connectivity index (χ3n) is 6.48. The maximum atomic E-state index is 12.7. The summed E-state index contributed by atoms with van der Waals surface area (Å²) in [7, 11) is 3.10. The second-order valence-corrected chi connectivity index (χ2v) is 9.46. The van der Waals surface area contributed by atoms with E-state index in [4.69, 9.17) is 9.47 Å². The Morgan fingerprint density at radius 2 is 1.71 bits per heavy atom. The maximum Gasteiger partial charge on any atom is 0.357 e. The van der Waals surface area contributed by atoms with Crippen LogP contribution < -0.4 is 14.8 Å². The molecule has 0 bridgehead atoms. The van der Waals surface area contributed by atoms with E-state index >= 15 is 0 Å². The maximum absolute atomic E-state index is 12.7. The van der Waals surface area contributed by atoms with E-state index < -0.39 is 5.97 Å². The van der Waals surface area contributed by atoms with Crippen molar-refractivity contribution in [1.29, 1.82) is 0 Å². The minimum absolute atomic E-state index is 0.0610. The molecule has 9 heteroatoms. The zero-order valence-electron chi connectivity index (χ0n) is 23.1. The van der Waals surface area contributed by atoms with Gasteiger partial charge >= 0.3 is 5.97 Å². The van der Waals surface area contributed by atoms with E-state index in [-0.39, 0.29) is 17.5 Å². The molecule has 38 heavy (non-hydrogen) atoms. The third-order valence-corrected chi connectivity index (χ3v) is 6.48. The Bertz CT molecular complexity index is 1240. The molecule has 1 heterocycles. The molecule has 0 fully saturated rings. The summed E-state index contributed by atoms with van der Waals surface area (Å²) in [5, 5.41) is 20.1. The Balaban J connectivity index is 2.11. The monoisotopic (exact) mass is 522 g/mol. The lowest BCUT2D eigenvalue weighted by atomic mass is 9.90. The Morgan fingerprint density at radius 3 is 2.26 bits per heavy atom. The number of H-pyrrole nitrogens is 1. The van der Waals surface area contributed by atoms with Crippen LogP contribution in [0, 0.1) is 5.92 Å². The summed E-state index contributed by atoms with van der Waals surface area (Å²) in [4.78, 5) is 27.1. The number of amides is 1. The average Bonchev–Trinajstić information content (AvgIpc) is 3.33. The highest BCUT2D eigenvalue weighted by Gasteiger charge is 2.27. The zero-order valence-corrected chi connectivity index (χ0v) is 23.1. The van der Waals surface area contributed by atoms with Gasteiger partial charge in [0.05, 0.1) is 25.5 Å². The van der Waals surface area contributed by atoms with Crippen molar-refractivity contribution in [3.63, 3.8) is 0 Å². The van der Waals surface area contributed by atoms with Gasteiger partial charge in [0, 0.05) is 24.2 Å². The lowest BCUT2D eigenvalue weighted by Gasteiger charge is -2.18. The Kier molecular flexibility index (Phi) is 9.90. The van der Waals surface area contributed by atoms with Crippen molar-refractivity contribution in [2.75, 3.05) is 39.2 Å². The summed E-state index contributed by atoms with van der Waals surface area (Å²) < 4.78 is 11.2. The van der Waals surface area contributed by atoms with Crippen molar-refractivity contribution in [3.8, 4) is 33.9 Å². The smallest absolute Gasteiger partial charge is 0.357 e. The number of ether oxygens (including phenoxy) is 2. The number of methoxy groups -OCH3 is 2. The van der Waals surface area contributed by atoms with Gasteiger partial charge in [0.2, 0.25) is 5.91 Å². The van der Waals surface area contributed by atoms with Crippen LogP contribution in [-0.2, 0) is 11.2 Å². The number of carbonyl (C=O) groups excluding carboxylic acids is 1. The van der Waals surface area contributed by atoms with Crippen molar-refractivity contribution in [2.24, 2.45) is 5.92 Å². The number of aromatic amines is 1. The highest BCUT2D eigenvalue weighted by atomic mass is 16.5. The molecule has 0 radical (unpaired) electrons. The fraction of sp³-hybridized carbons (Fsp3) is 0.414. The number of nitrogens with one attached hydrogen (secondary N) is 2. The van der Waals surface area contributed by atoms with Crippen molar-refractivity contribution in [3.05, 3.63) is 47.7 Å². The van der Waals surface area contributed by atoms with Gasteiger partial charge in [0.15, 0.2) is 5.69 Å². The Labute approximate surface area is 224 Å². The van der Waals surface area contributed by atoms with Crippen molar-refractivity contribution in [1.82, 2.24) is 15.1 Å².